The molecule has 0 aromatic carbocycles. The lowest BCUT2D eigenvalue weighted by molar-refractivity contribution is -0.161. The molecule has 3 N–H and O–H groups in total. The SMILES string of the molecule is CC/C=C\C/C=C\C/C=C\C/C=C\C/C=C\C/C=C\CCC(=O)OCC(COP(=O)(O)OCC(O)COP(=O)(O)OCC(COC(=O)CCCCCCC/C=C\C/C=C\CCCCC)OC(=O)CCCCCCC/C=C\C/C=C\CCC)OC(=O)CCCC/C=C\C/C=C\C/C=C\C/C=C\CC. The number of ether oxygens (including phenoxy) is 4. The van der Waals surface area contributed by atoms with Crippen LogP contribution in [0, 0.1) is 0 Å². The van der Waals surface area contributed by atoms with Crippen LogP contribution in [0.2, 0.25) is 0 Å². The zero-order valence-electron chi connectivity index (χ0n) is 63.0. The highest BCUT2D eigenvalue weighted by Crippen LogP contribution is 2.45. The minimum atomic E-state index is -5.01. The Hall–Kier alpha value is -5.58. The van der Waals surface area contributed by atoms with Crippen LogP contribution < -0.4 is 0 Å². The summed E-state index contributed by atoms with van der Waals surface area (Å²) in [5.74, 6) is -2.37. The smallest absolute Gasteiger partial charge is 0.462 e. The van der Waals surface area contributed by atoms with Crippen molar-refractivity contribution in [1.82, 2.24) is 0 Å². The Bertz CT molecular complexity index is 2600. The van der Waals surface area contributed by atoms with Gasteiger partial charge < -0.3 is 33.8 Å². The third-order valence-corrected chi connectivity index (χ3v) is 17.0. The highest BCUT2D eigenvalue weighted by molar-refractivity contribution is 7.47. The number of esters is 4. The van der Waals surface area contributed by atoms with E-state index in [4.69, 9.17) is 37.0 Å². The highest BCUT2D eigenvalue weighted by Gasteiger charge is 2.30. The topological polar surface area (TPSA) is 237 Å². The minimum Gasteiger partial charge on any atom is -0.462 e. The summed E-state index contributed by atoms with van der Waals surface area (Å²) >= 11 is 0. The monoisotopic (exact) mass is 1460 g/mol. The van der Waals surface area contributed by atoms with Gasteiger partial charge in [-0.2, -0.15) is 0 Å². The second kappa shape index (κ2) is 73.7. The lowest BCUT2D eigenvalue weighted by Gasteiger charge is -2.21. The van der Waals surface area contributed by atoms with E-state index in [-0.39, 0.29) is 25.7 Å². The van der Waals surface area contributed by atoms with Crippen LogP contribution in [0.1, 0.15) is 272 Å². The molecule has 0 bridgehead atoms. The van der Waals surface area contributed by atoms with E-state index in [1.165, 1.54) is 19.3 Å². The molecule has 102 heavy (non-hydrogen) atoms. The van der Waals surface area contributed by atoms with Gasteiger partial charge in [0.2, 0.25) is 0 Å². The van der Waals surface area contributed by atoms with E-state index in [2.05, 4.69) is 174 Å². The molecular weight excluding hydrogens is 1330 g/mol. The van der Waals surface area contributed by atoms with Crippen LogP contribution >= 0.6 is 15.6 Å². The number of allylic oxidation sites excluding steroid dienone is 28. The second-order valence-electron chi connectivity index (χ2n) is 24.8. The Morgan fingerprint density at radius 1 is 0.284 bits per heavy atom. The lowest BCUT2D eigenvalue weighted by Crippen LogP contribution is -2.30. The number of carbonyl (C=O) groups is 4. The maximum Gasteiger partial charge on any atom is 0.472 e. The molecule has 0 aliphatic carbocycles. The molecule has 0 spiro atoms. The highest BCUT2D eigenvalue weighted by atomic mass is 31.2. The first kappa shape index (κ1) is 96.4. The molecule has 19 heteroatoms. The van der Waals surface area contributed by atoms with E-state index in [1.54, 1.807) is 0 Å². The number of hydrogen-bond donors (Lipinski definition) is 3. The summed E-state index contributed by atoms with van der Waals surface area (Å²) in [5.41, 5.74) is 0. The van der Waals surface area contributed by atoms with Crippen molar-refractivity contribution in [2.24, 2.45) is 0 Å². The van der Waals surface area contributed by atoms with Crippen molar-refractivity contribution in [3.05, 3.63) is 170 Å². The first-order chi connectivity index (χ1) is 49.7. The molecule has 0 aromatic heterocycles. The lowest BCUT2D eigenvalue weighted by atomic mass is 10.1. The van der Waals surface area contributed by atoms with E-state index in [0.29, 0.717) is 38.5 Å². The average Bonchev–Trinajstić information content (AvgIpc) is 0.924. The number of aliphatic hydroxyl groups excluding tert-OH is 1. The average molecular weight is 1470 g/mol. The molecule has 0 heterocycles. The Kier molecular flexibility index (Phi) is 69.7. The van der Waals surface area contributed by atoms with E-state index in [0.717, 1.165) is 161 Å². The van der Waals surface area contributed by atoms with Gasteiger partial charge in [-0.1, -0.05) is 256 Å². The summed E-state index contributed by atoms with van der Waals surface area (Å²) in [4.78, 5) is 72.9. The number of aliphatic hydroxyl groups is 1. The Morgan fingerprint density at radius 3 is 0.902 bits per heavy atom. The first-order valence-corrected chi connectivity index (χ1v) is 41.4. The summed E-state index contributed by atoms with van der Waals surface area (Å²) in [6, 6.07) is 0. The maximum atomic E-state index is 13.1. The second-order valence-corrected chi connectivity index (χ2v) is 27.7. The zero-order valence-corrected chi connectivity index (χ0v) is 64.8. The molecule has 0 rings (SSSR count). The summed E-state index contributed by atoms with van der Waals surface area (Å²) in [7, 11) is -10.0. The predicted octanol–water partition coefficient (Wildman–Crippen LogP) is 22.2. The van der Waals surface area contributed by atoms with Gasteiger partial charge in [0.25, 0.3) is 0 Å². The molecule has 0 amide bonds. The molecule has 0 fully saturated rings. The van der Waals surface area contributed by atoms with Crippen LogP contribution in [-0.4, -0.2) is 96.7 Å². The summed E-state index contributed by atoms with van der Waals surface area (Å²) in [6.45, 7) is 4.35. The molecule has 0 aliphatic heterocycles. The Labute approximate surface area is 616 Å². The Morgan fingerprint density at radius 2 is 0.549 bits per heavy atom. The molecule has 5 atom stereocenters. The molecular formula is C83H134O17P2. The van der Waals surface area contributed by atoms with Gasteiger partial charge in [-0.25, -0.2) is 9.13 Å². The van der Waals surface area contributed by atoms with Crippen molar-refractivity contribution in [3.63, 3.8) is 0 Å². The van der Waals surface area contributed by atoms with Gasteiger partial charge in [0, 0.05) is 25.7 Å². The van der Waals surface area contributed by atoms with E-state index in [9.17, 15) is 43.2 Å². The molecule has 0 aliphatic rings. The molecule has 0 aromatic rings. The van der Waals surface area contributed by atoms with Crippen LogP contribution in [0.4, 0.5) is 0 Å². The summed E-state index contributed by atoms with van der Waals surface area (Å²) in [6.07, 6.45) is 86.5. The van der Waals surface area contributed by atoms with Crippen molar-refractivity contribution in [1.29, 1.82) is 0 Å². The quantitative estimate of drug-likeness (QED) is 0.0169. The third-order valence-electron chi connectivity index (χ3n) is 15.1. The first-order valence-electron chi connectivity index (χ1n) is 38.4. The van der Waals surface area contributed by atoms with Gasteiger partial charge >= 0.3 is 39.5 Å². The number of unbranched alkanes of at least 4 members (excludes halogenated alkanes) is 16. The van der Waals surface area contributed by atoms with Gasteiger partial charge in [0.05, 0.1) is 26.4 Å². The van der Waals surface area contributed by atoms with Crippen molar-refractivity contribution in [2.45, 2.75) is 290 Å². The molecule has 578 valence electrons. The normalized spacial score (nSPS) is 14.9. The molecule has 0 radical (unpaired) electrons. The van der Waals surface area contributed by atoms with Crippen LogP contribution in [0.5, 0.6) is 0 Å². The van der Waals surface area contributed by atoms with Crippen LogP contribution in [0.15, 0.2) is 170 Å². The van der Waals surface area contributed by atoms with Crippen molar-refractivity contribution < 1.29 is 80.2 Å². The fraction of sp³-hybridized carbons (Fsp3) is 0.614. The fourth-order valence-electron chi connectivity index (χ4n) is 9.36. The van der Waals surface area contributed by atoms with Crippen molar-refractivity contribution >= 4 is 39.5 Å². The van der Waals surface area contributed by atoms with Crippen molar-refractivity contribution in [2.75, 3.05) is 39.6 Å². The van der Waals surface area contributed by atoms with E-state index >= 15 is 0 Å². The molecule has 0 saturated carbocycles. The Balaban J connectivity index is 5.49. The minimum absolute atomic E-state index is 0.0198. The standard InChI is InChI=1S/C83H134O17P2/c1-5-9-13-17-21-25-29-33-36-37-38-39-42-45-48-52-56-60-64-68-81(86)94-74-79(100-83(88)70-66-62-58-54-50-46-41-35-31-27-23-19-15-11-7-3)76-98-102(91,92)96-72-77(84)71-95-101(89,90)97-75-78(99-82(87)69-65-61-57-53-49-43-32-28-24-20-16-12-8-4)73-93-80(85)67-63-59-55-51-47-44-40-34-30-26-22-18-14-10-6-2/h9,11,13,15-16,20-23,25-28,32-36,38-41,45,48,50,54,56,60,77-79,84H,5-8,10,12,14,17-19,24,29-31,37,42-44,46-47,49,51-53,55,57-59,61-76H2,1-4H3,(H,89,90)(H,91,92)/b13-9-,15-11-,20-16-,25-21-,26-22-,27-23-,32-28-,36-33-,39-38-,40-34-,41-35-,48-45-,54-50-,60-56-. The van der Waals surface area contributed by atoms with Crippen LogP contribution in [0.3, 0.4) is 0 Å². The third kappa shape index (κ3) is 72.8. The number of hydrogen-bond acceptors (Lipinski definition) is 15. The number of phosphoric ester groups is 2. The summed E-state index contributed by atoms with van der Waals surface area (Å²) < 4.78 is 68.3. The van der Waals surface area contributed by atoms with E-state index in [1.807, 2.05) is 24.3 Å². The van der Waals surface area contributed by atoms with E-state index < -0.39 is 97.5 Å². The van der Waals surface area contributed by atoms with Crippen LogP contribution in [-0.2, 0) is 65.4 Å². The van der Waals surface area contributed by atoms with Gasteiger partial charge in [0.15, 0.2) is 12.2 Å². The zero-order chi connectivity index (χ0) is 74.6. The molecule has 0 saturated heterocycles. The fourth-order valence-corrected chi connectivity index (χ4v) is 10.9. The number of carbonyl (C=O) groups excluding carboxylic acids is 4. The molecule has 17 nitrogen and oxygen atoms in total. The number of rotatable bonds is 70. The predicted molar refractivity (Wildman–Crippen MR) is 417 cm³/mol. The van der Waals surface area contributed by atoms with Crippen LogP contribution in [0.25, 0.3) is 0 Å². The number of phosphoric acid groups is 2. The molecule has 5 unspecified atom stereocenters. The largest absolute Gasteiger partial charge is 0.472 e. The van der Waals surface area contributed by atoms with Gasteiger partial charge in [-0.3, -0.25) is 37.3 Å². The van der Waals surface area contributed by atoms with Gasteiger partial charge in [-0.05, 0) is 161 Å². The summed E-state index contributed by atoms with van der Waals surface area (Å²) in [5, 5.41) is 10.6. The van der Waals surface area contributed by atoms with Crippen molar-refractivity contribution in [3.8, 4) is 0 Å². The maximum absolute atomic E-state index is 13.1. The van der Waals surface area contributed by atoms with Gasteiger partial charge in [-0.15, -0.1) is 0 Å². The van der Waals surface area contributed by atoms with Gasteiger partial charge in [0.1, 0.15) is 19.3 Å².